The average molecular weight is 527 g/mol. The Balaban J connectivity index is 2.82. The number of hydrogen-bond acceptors (Lipinski definition) is 7. The molecule has 10 nitrogen and oxygen atoms in total. The van der Waals surface area contributed by atoms with E-state index in [1.54, 1.807) is 6.08 Å². The van der Waals surface area contributed by atoms with Gasteiger partial charge >= 0.3 is 11.9 Å². The molecule has 0 aliphatic carbocycles. The zero-order chi connectivity index (χ0) is 27.2. The predicted molar refractivity (Wildman–Crippen MR) is 132 cm³/mol. The minimum Gasteiger partial charge on any atom is -0.481 e. The molecular weight excluding hydrogens is 493 g/mol. The number of carboxylic acids is 1. The molecule has 0 spiro atoms. The summed E-state index contributed by atoms with van der Waals surface area (Å²) in [6.07, 6.45) is 0.899. The van der Waals surface area contributed by atoms with Crippen molar-refractivity contribution in [2.75, 3.05) is 24.7 Å². The van der Waals surface area contributed by atoms with Crippen LogP contribution in [0.5, 0.6) is 0 Å². The number of aliphatic hydroxyl groups is 2. The number of halogens is 1. The summed E-state index contributed by atoms with van der Waals surface area (Å²) in [5, 5.41) is 29.1. The highest BCUT2D eigenvalue weighted by Crippen LogP contribution is 2.31. The Bertz CT molecular complexity index is 1200. The molecule has 0 radical (unpaired) electrons. The van der Waals surface area contributed by atoms with Gasteiger partial charge in [0.25, 0.3) is 10.0 Å². The first-order chi connectivity index (χ1) is 16.8. The molecule has 1 unspecified atom stereocenters. The second-order valence-electron chi connectivity index (χ2n) is 8.71. The molecule has 0 saturated carbocycles. The molecule has 0 aliphatic heterocycles. The highest BCUT2D eigenvalue weighted by Gasteiger charge is 2.33. The van der Waals surface area contributed by atoms with Crippen LogP contribution >= 0.6 is 0 Å². The van der Waals surface area contributed by atoms with Crippen LogP contribution < -0.4 is 8.87 Å². The van der Waals surface area contributed by atoms with Crippen molar-refractivity contribution in [3.8, 4) is 11.3 Å². The molecule has 0 amide bonds. The molecule has 0 aliphatic rings. The number of aliphatic carboxylic acids is 1. The number of benzene rings is 1. The number of carboxylic acid groups (broad SMARTS) is 1. The number of sulfonamides is 1. The smallest absolute Gasteiger partial charge is 0.411 e. The van der Waals surface area contributed by atoms with Gasteiger partial charge in [0.15, 0.2) is 6.73 Å². The Labute approximate surface area is 210 Å². The molecule has 3 N–H and O–H groups in total. The normalized spacial score (nSPS) is 13.8. The minimum absolute atomic E-state index is 0.0805. The van der Waals surface area contributed by atoms with Gasteiger partial charge in [0.1, 0.15) is 17.2 Å². The van der Waals surface area contributed by atoms with E-state index < -0.39 is 40.4 Å². The van der Waals surface area contributed by atoms with Gasteiger partial charge in [-0.3, -0.25) is 4.79 Å². The van der Waals surface area contributed by atoms with Gasteiger partial charge in [0.05, 0.1) is 37.5 Å². The van der Waals surface area contributed by atoms with Crippen molar-refractivity contribution in [1.29, 1.82) is 0 Å². The standard InChI is InChI=1S/C24H32FN3O7S/c1-15(2)22-20(11-10-18(29)12-19(30)13-21(31)32)23(16-6-8-17(25)9-7-16)28(14-35-4)24(26-22)27(3)36(5,33)34/h6-11,15,18-19,29-30H,12-14H2,1-5H3/p+1/t18?,19-/m1/s1. The van der Waals surface area contributed by atoms with E-state index in [1.165, 1.54) is 49.1 Å². The fourth-order valence-corrected chi connectivity index (χ4v) is 4.04. The van der Waals surface area contributed by atoms with Crippen molar-refractivity contribution in [3.05, 3.63) is 47.4 Å². The summed E-state index contributed by atoms with van der Waals surface area (Å²) in [6, 6.07) is 5.62. The van der Waals surface area contributed by atoms with Crippen molar-refractivity contribution >= 4 is 28.0 Å². The first-order valence-electron chi connectivity index (χ1n) is 11.2. The lowest BCUT2D eigenvalue weighted by Crippen LogP contribution is -2.47. The van der Waals surface area contributed by atoms with Gasteiger partial charge in [-0.15, -0.1) is 0 Å². The highest BCUT2D eigenvalue weighted by atomic mass is 32.2. The molecule has 12 heteroatoms. The van der Waals surface area contributed by atoms with Crippen LogP contribution in [-0.2, 0) is 26.3 Å². The van der Waals surface area contributed by atoms with E-state index in [9.17, 15) is 27.8 Å². The number of ether oxygens (including phenoxy) is 1. The number of carbonyl (C=O) groups is 1. The maximum Gasteiger partial charge on any atom is 0.411 e. The van der Waals surface area contributed by atoms with Crippen LogP contribution in [0, 0.1) is 5.82 Å². The number of nitrogens with zero attached hydrogens (tertiary/aromatic N) is 3. The minimum atomic E-state index is -3.71. The Hall–Kier alpha value is -2.93. The first kappa shape index (κ1) is 29.3. The summed E-state index contributed by atoms with van der Waals surface area (Å²) in [7, 11) is -0.904. The largest absolute Gasteiger partial charge is 0.481 e. The van der Waals surface area contributed by atoms with Crippen molar-refractivity contribution in [2.45, 2.75) is 51.5 Å². The lowest BCUT2D eigenvalue weighted by molar-refractivity contribution is -0.711. The summed E-state index contributed by atoms with van der Waals surface area (Å²) < 4.78 is 46.5. The van der Waals surface area contributed by atoms with Crippen molar-refractivity contribution in [1.82, 2.24) is 4.98 Å². The average Bonchev–Trinajstić information content (AvgIpc) is 2.76. The van der Waals surface area contributed by atoms with Gasteiger partial charge < -0.3 is 20.1 Å². The number of aromatic nitrogens is 2. The van der Waals surface area contributed by atoms with Crippen LogP contribution in [0.25, 0.3) is 17.3 Å². The van der Waals surface area contributed by atoms with Crippen LogP contribution in [0.4, 0.5) is 10.3 Å². The monoisotopic (exact) mass is 526 g/mol. The van der Waals surface area contributed by atoms with E-state index in [0.717, 1.165) is 10.6 Å². The summed E-state index contributed by atoms with van der Waals surface area (Å²) >= 11 is 0. The number of hydrogen-bond donors (Lipinski definition) is 3. The summed E-state index contributed by atoms with van der Waals surface area (Å²) in [5.74, 6) is -1.75. The van der Waals surface area contributed by atoms with Crippen molar-refractivity contribution < 1.29 is 42.2 Å². The molecule has 36 heavy (non-hydrogen) atoms. The van der Waals surface area contributed by atoms with Crippen molar-refractivity contribution in [3.63, 3.8) is 0 Å². The van der Waals surface area contributed by atoms with Crippen molar-refractivity contribution in [2.24, 2.45) is 0 Å². The molecule has 1 aromatic heterocycles. The van der Waals surface area contributed by atoms with Crippen LogP contribution in [-0.4, -0.2) is 67.3 Å². The molecular formula is C24H33FN3O7S+. The third-order valence-electron chi connectivity index (χ3n) is 5.37. The third kappa shape index (κ3) is 7.53. The highest BCUT2D eigenvalue weighted by molar-refractivity contribution is 7.92. The number of anilines is 1. The fraction of sp³-hybridized carbons (Fsp3) is 0.458. The SMILES string of the molecule is COC[n+]1c(N(C)S(C)(=O)=O)nc(C(C)C)c(C=CC(O)C[C@@H](O)CC(=O)O)c1-c1ccc(F)cc1. The summed E-state index contributed by atoms with van der Waals surface area (Å²) in [5.41, 5.74) is 2.03. The van der Waals surface area contributed by atoms with Gasteiger partial charge in [0.2, 0.25) is 0 Å². The van der Waals surface area contributed by atoms with Crippen LogP contribution in [0.1, 0.15) is 43.9 Å². The molecule has 198 valence electrons. The van der Waals surface area contributed by atoms with Crippen LogP contribution in [0.2, 0.25) is 0 Å². The zero-order valence-corrected chi connectivity index (χ0v) is 21.7. The van der Waals surface area contributed by atoms with Gasteiger partial charge in [0, 0.05) is 25.0 Å². The maximum absolute atomic E-state index is 13.7. The van der Waals surface area contributed by atoms with E-state index in [0.29, 0.717) is 22.5 Å². The Morgan fingerprint density at radius 2 is 1.86 bits per heavy atom. The number of methoxy groups -OCH3 is 1. The van der Waals surface area contributed by atoms with Gasteiger partial charge in [-0.25, -0.2) is 8.96 Å². The molecule has 2 atom stereocenters. The second-order valence-corrected chi connectivity index (χ2v) is 10.7. The van der Waals surface area contributed by atoms with E-state index >= 15 is 0 Å². The Morgan fingerprint density at radius 1 is 1.25 bits per heavy atom. The lowest BCUT2D eigenvalue weighted by atomic mass is 9.96. The predicted octanol–water partition coefficient (Wildman–Crippen LogP) is 1.90. The van der Waals surface area contributed by atoms with Gasteiger partial charge in [-0.2, -0.15) is 12.7 Å². The number of aliphatic hydroxyl groups excluding tert-OH is 2. The van der Waals surface area contributed by atoms with Crippen LogP contribution in [0.3, 0.4) is 0 Å². The number of rotatable bonds is 12. The van der Waals surface area contributed by atoms with E-state index in [2.05, 4.69) is 4.98 Å². The molecule has 0 fully saturated rings. The maximum atomic E-state index is 13.7. The van der Waals surface area contributed by atoms with Crippen LogP contribution in [0.15, 0.2) is 30.3 Å². The second kappa shape index (κ2) is 12.3. The summed E-state index contributed by atoms with van der Waals surface area (Å²) in [6.45, 7) is 3.64. The molecule has 0 saturated heterocycles. The molecule has 0 bridgehead atoms. The lowest BCUT2D eigenvalue weighted by Gasteiger charge is -2.20. The third-order valence-corrected chi connectivity index (χ3v) is 6.53. The van der Waals surface area contributed by atoms with Gasteiger partial charge in [-0.1, -0.05) is 24.9 Å². The van der Waals surface area contributed by atoms with E-state index in [4.69, 9.17) is 9.84 Å². The topological polar surface area (TPSA) is 141 Å². The first-order valence-corrected chi connectivity index (χ1v) is 13.0. The molecule has 1 heterocycles. The quantitative estimate of drug-likeness (QED) is 0.356. The van der Waals surface area contributed by atoms with Gasteiger partial charge in [-0.05, 0) is 30.3 Å². The van der Waals surface area contributed by atoms with E-state index in [-0.39, 0.29) is 25.0 Å². The zero-order valence-electron chi connectivity index (χ0n) is 20.9. The molecule has 2 aromatic rings. The molecule has 2 rings (SSSR count). The Kier molecular flexibility index (Phi) is 10.1. The fourth-order valence-electron chi connectivity index (χ4n) is 3.61. The summed E-state index contributed by atoms with van der Waals surface area (Å²) in [4.78, 5) is 15.5. The molecule has 1 aromatic carbocycles. The van der Waals surface area contributed by atoms with E-state index in [1.807, 2.05) is 13.8 Å². The Morgan fingerprint density at radius 3 is 2.36 bits per heavy atom.